The van der Waals surface area contributed by atoms with Crippen LogP contribution in [0.5, 0.6) is 0 Å². The zero-order chi connectivity index (χ0) is 20.9. The Morgan fingerprint density at radius 3 is 2.25 bits per heavy atom. The molecule has 7 nitrogen and oxygen atoms in total. The Labute approximate surface area is 165 Å². The molecule has 0 heterocycles. The van der Waals surface area contributed by atoms with E-state index in [4.69, 9.17) is 4.74 Å². The number of sulfonamides is 1. The van der Waals surface area contributed by atoms with E-state index in [2.05, 4.69) is 5.32 Å². The van der Waals surface area contributed by atoms with Gasteiger partial charge in [-0.3, -0.25) is 9.10 Å². The molecule has 28 heavy (non-hydrogen) atoms. The number of anilines is 2. The number of carbonyl (C=O) groups excluding carboxylic acids is 2. The Balaban J connectivity index is 2.15. The van der Waals surface area contributed by atoms with Crippen LogP contribution in [0.4, 0.5) is 11.4 Å². The minimum atomic E-state index is -3.65. The van der Waals surface area contributed by atoms with Gasteiger partial charge < -0.3 is 10.1 Å². The van der Waals surface area contributed by atoms with Crippen LogP contribution < -0.4 is 9.62 Å². The number of nitrogens with zero attached hydrogens (tertiary/aromatic N) is 1. The molecule has 1 N–H and O–H groups in total. The van der Waals surface area contributed by atoms with E-state index in [0.717, 1.165) is 21.7 Å². The van der Waals surface area contributed by atoms with Gasteiger partial charge >= 0.3 is 5.97 Å². The van der Waals surface area contributed by atoms with Crippen LogP contribution in [0.3, 0.4) is 0 Å². The lowest BCUT2D eigenvalue weighted by molar-refractivity contribution is -0.114. The summed E-state index contributed by atoms with van der Waals surface area (Å²) in [6, 6.07) is 11.5. The highest BCUT2D eigenvalue weighted by Crippen LogP contribution is 2.23. The summed E-state index contributed by atoms with van der Waals surface area (Å²) in [6.07, 6.45) is 1.06. The molecule has 0 aliphatic carbocycles. The van der Waals surface area contributed by atoms with Gasteiger partial charge in [0.2, 0.25) is 15.9 Å². The zero-order valence-corrected chi connectivity index (χ0v) is 17.2. The first-order valence-electron chi connectivity index (χ1n) is 8.74. The lowest BCUT2D eigenvalue weighted by Crippen LogP contribution is -2.37. The van der Waals surface area contributed by atoms with Crippen molar-refractivity contribution in [1.29, 1.82) is 0 Å². The van der Waals surface area contributed by atoms with Gasteiger partial charge in [-0.25, -0.2) is 13.2 Å². The van der Waals surface area contributed by atoms with Crippen LogP contribution in [0, 0.1) is 13.8 Å². The average molecular weight is 404 g/mol. The van der Waals surface area contributed by atoms with Gasteiger partial charge in [0, 0.05) is 5.69 Å². The molecule has 0 saturated carbocycles. The van der Waals surface area contributed by atoms with Gasteiger partial charge in [-0.05, 0) is 56.7 Å². The Morgan fingerprint density at radius 2 is 1.71 bits per heavy atom. The highest BCUT2D eigenvalue weighted by Gasteiger charge is 2.22. The van der Waals surface area contributed by atoms with Gasteiger partial charge in [0.25, 0.3) is 0 Å². The topological polar surface area (TPSA) is 92.8 Å². The Hall–Kier alpha value is -2.87. The smallest absolute Gasteiger partial charge is 0.338 e. The van der Waals surface area contributed by atoms with Crippen LogP contribution in [0.1, 0.15) is 28.4 Å². The Morgan fingerprint density at radius 1 is 1.07 bits per heavy atom. The van der Waals surface area contributed by atoms with Crippen LogP contribution in [-0.2, 0) is 19.6 Å². The predicted molar refractivity (Wildman–Crippen MR) is 109 cm³/mol. The van der Waals surface area contributed by atoms with Crippen molar-refractivity contribution < 1.29 is 22.7 Å². The summed E-state index contributed by atoms with van der Waals surface area (Å²) < 4.78 is 30.4. The molecule has 0 bridgehead atoms. The lowest BCUT2D eigenvalue weighted by Gasteiger charge is -2.24. The number of benzene rings is 2. The molecule has 2 aromatic rings. The van der Waals surface area contributed by atoms with Crippen molar-refractivity contribution in [3.63, 3.8) is 0 Å². The van der Waals surface area contributed by atoms with Crippen molar-refractivity contribution in [2.75, 3.05) is 29.0 Å². The number of hydrogen-bond donors (Lipinski definition) is 1. The van der Waals surface area contributed by atoms with Crippen molar-refractivity contribution in [2.45, 2.75) is 20.8 Å². The van der Waals surface area contributed by atoms with E-state index in [1.807, 2.05) is 13.0 Å². The predicted octanol–water partition coefficient (Wildman–Crippen LogP) is 2.88. The quantitative estimate of drug-likeness (QED) is 0.717. The van der Waals surface area contributed by atoms with Gasteiger partial charge in [0.15, 0.2) is 0 Å². The number of ether oxygens (including phenoxy) is 1. The maximum absolute atomic E-state index is 12.4. The maximum atomic E-state index is 12.4. The molecule has 0 unspecified atom stereocenters. The number of carbonyl (C=O) groups is 2. The first-order valence-corrected chi connectivity index (χ1v) is 10.6. The van der Waals surface area contributed by atoms with Gasteiger partial charge in [0.1, 0.15) is 6.54 Å². The summed E-state index contributed by atoms with van der Waals surface area (Å²) in [5.41, 5.74) is 3.04. The van der Waals surface area contributed by atoms with E-state index >= 15 is 0 Å². The molecule has 0 fully saturated rings. The molecule has 0 aliphatic rings. The van der Waals surface area contributed by atoms with Crippen LogP contribution in [0.25, 0.3) is 0 Å². The SMILES string of the molecule is CCOC(=O)c1ccc(NC(=O)CN(c2ccc(C)cc2C)S(C)(=O)=O)cc1. The molecule has 2 aromatic carbocycles. The van der Waals surface area contributed by atoms with Crippen LogP contribution in [0.15, 0.2) is 42.5 Å². The largest absolute Gasteiger partial charge is 0.462 e. The van der Waals surface area contributed by atoms with E-state index in [-0.39, 0.29) is 13.2 Å². The highest BCUT2D eigenvalue weighted by molar-refractivity contribution is 7.92. The standard InChI is InChI=1S/C20H24N2O5S/c1-5-27-20(24)16-7-9-17(10-8-16)21-19(23)13-22(28(4,25)26)18-11-6-14(2)12-15(18)3/h6-12H,5,13H2,1-4H3,(H,21,23). The second-order valence-corrected chi connectivity index (χ2v) is 8.31. The highest BCUT2D eigenvalue weighted by atomic mass is 32.2. The molecule has 0 radical (unpaired) electrons. The van der Waals surface area contributed by atoms with Gasteiger partial charge in [-0.1, -0.05) is 17.7 Å². The van der Waals surface area contributed by atoms with Crippen molar-refractivity contribution in [3.05, 3.63) is 59.2 Å². The van der Waals surface area contributed by atoms with Crippen molar-refractivity contribution in [3.8, 4) is 0 Å². The fourth-order valence-electron chi connectivity index (χ4n) is 2.70. The third-order valence-corrected chi connectivity index (χ3v) is 5.11. The molecule has 0 spiro atoms. The van der Waals surface area contributed by atoms with Crippen molar-refractivity contribution in [1.82, 2.24) is 0 Å². The molecular formula is C20H24N2O5S. The normalized spacial score (nSPS) is 11.0. The number of nitrogens with one attached hydrogen (secondary N) is 1. The summed E-state index contributed by atoms with van der Waals surface area (Å²) >= 11 is 0. The molecular weight excluding hydrogens is 380 g/mol. The van der Waals surface area contributed by atoms with Crippen LogP contribution in [0.2, 0.25) is 0 Å². The number of rotatable bonds is 7. The Bertz CT molecular complexity index is 969. The molecule has 0 aliphatic heterocycles. The van der Waals surface area contributed by atoms with Crippen LogP contribution in [-0.4, -0.2) is 39.7 Å². The number of aryl methyl sites for hydroxylation is 2. The maximum Gasteiger partial charge on any atom is 0.338 e. The molecule has 0 atom stereocenters. The fourth-order valence-corrected chi connectivity index (χ4v) is 3.62. The zero-order valence-electron chi connectivity index (χ0n) is 16.4. The number of amides is 1. The van der Waals surface area contributed by atoms with Gasteiger partial charge in [-0.2, -0.15) is 0 Å². The van der Waals surface area contributed by atoms with E-state index < -0.39 is 21.9 Å². The molecule has 1 amide bonds. The van der Waals surface area contributed by atoms with E-state index in [1.165, 1.54) is 12.1 Å². The molecule has 0 aromatic heterocycles. The van der Waals surface area contributed by atoms with Gasteiger partial charge in [0.05, 0.1) is 24.1 Å². The van der Waals surface area contributed by atoms with Crippen molar-refractivity contribution in [2.24, 2.45) is 0 Å². The molecule has 2 rings (SSSR count). The number of esters is 1. The minimum Gasteiger partial charge on any atom is -0.462 e. The summed E-state index contributed by atoms with van der Waals surface area (Å²) in [5, 5.41) is 2.65. The lowest BCUT2D eigenvalue weighted by atomic mass is 10.1. The summed E-state index contributed by atoms with van der Waals surface area (Å²) in [5.74, 6) is -0.937. The second-order valence-electron chi connectivity index (χ2n) is 6.41. The monoisotopic (exact) mass is 404 g/mol. The third-order valence-electron chi connectivity index (χ3n) is 3.99. The second kappa shape index (κ2) is 8.88. The first-order chi connectivity index (χ1) is 13.1. The van der Waals surface area contributed by atoms with E-state index in [0.29, 0.717) is 16.9 Å². The minimum absolute atomic E-state index is 0.275. The first kappa shape index (κ1) is 21.4. The molecule has 0 saturated heterocycles. The van der Waals surface area contributed by atoms with Gasteiger partial charge in [-0.15, -0.1) is 0 Å². The van der Waals surface area contributed by atoms with E-state index in [9.17, 15) is 18.0 Å². The summed E-state index contributed by atoms with van der Waals surface area (Å²) in [6.45, 7) is 5.34. The Kier molecular flexibility index (Phi) is 6.80. The molecule has 8 heteroatoms. The molecule has 150 valence electrons. The van der Waals surface area contributed by atoms with E-state index in [1.54, 1.807) is 38.1 Å². The summed E-state index contributed by atoms with van der Waals surface area (Å²) in [4.78, 5) is 24.1. The van der Waals surface area contributed by atoms with Crippen molar-refractivity contribution >= 4 is 33.3 Å². The van der Waals surface area contributed by atoms with Crippen LogP contribution >= 0.6 is 0 Å². The third kappa shape index (κ3) is 5.56. The number of hydrogen-bond acceptors (Lipinski definition) is 5. The summed E-state index contributed by atoms with van der Waals surface area (Å²) in [7, 11) is -3.65. The fraction of sp³-hybridized carbons (Fsp3) is 0.300. The average Bonchev–Trinajstić information content (AvgIpc) is 2.60.